The van der Waals surface area contributed by atoms with E-state index in [0.717, 1.165) is 11.3 Å². The van der Waals surface area contributed by atoms with Gasteiger partial charge in [0.25, 0.3) is 4.84 Å². The van der Waals surface area contributed by atoms with Gasteiger partial charge in [0.2, 0.25) is 5.89 Å². The molecule has 1 aromatic heterocycles. The van der Waals surface area contributed by atoms with Crippen molar-refractivity contribution < 1.29 is 4.42 Å². The van der Waals surface area contributed by atoms with Crippen molar-refractivity contribution in [1.82, 2.24) is 20.6 Å². The first-order valence-electron chi connectivity index (χ1n) is 5.45. The molecule has 3 N–H and O–H groups in total. The molecule has 1 aromatic carbocycles. The number of nitrogens with one attached hydrogen (secondary N) is 3. The van der Waals surface area contributed by atoms with Crippen LogP contribution in [0.5, 0.6) is 0 Å². The molecule has 0 radical (unpaired) electrons. The smallest absolute Gasteiger partial charge is 0.284 e. The highest BCUT2D eigenvalue weighted by molar-refractivity contribution is 7.80. The largest absolute Gasteiger partial charge is 0.409 e. The van der Waals surface area contributed by atoms with Crippen LogP contribution in [0.2, 0.25) is 0 Å². The van der Waals surface area contributed by atoms with Crippen molar-refractivity contribution in [3.8, 4) is 11.5 Å². The van der Waals surface area contributed by atoms with Crippen molar-refractivity contribution in [1.29, 1.82) is 0 Å². The number of aromatic amines is 1. The van der Waals surface area contributed by atoms with Gasteiger partial charge in [0.05, 0.1) is 0 Å². The monoisotopic (exact) mass is 295 g/mol. The van der Waals surface area contributed by atoms with Crippen LogP contribution >= 0.6 is 24.4 Å². The van der Waals surface area contributed by atoms with Gasteiger partial charge in [-0.3, -0.25) is 5.43 Å². The maximum Gasteiger partial charge on any atom is 0.284 e. The van der Waals surface area contributed by atoms with Gasteiger partial charge in [0, 0.05) is 25.3 Å². The van der Waals surface area contributed by atoms with Crippen molar-refractivity contribution in [2.75, 3.05) is 19.4 Å². The van der Waals surface area contributed by atoms with Gasteiger partial charge in [-0.25, -0.2) is 10.1 Å². The molecule has 0 aliphatic rings. The molecule has 0 fully saturated rings. The van der Waals surface area contributed by atoms with Crippen molar-refractivity contribution in [3.63, 3.8) is 0 Å². The van der Waals surface area contributed by atoms with Crippen molar-refractivity contribution in [3.05, 3.63) is 29.1 Å². The van der Waals surface area contributed by atoms with E-state index in [2.05, 4.69) is 20.9 Å². The van der Waals surface area contributed by atoms with Crippen LogP contribution in [-0.4, -0.2) is 34.4 Å². The molecule has 0 saturated carbocycles. The van der Waals surface area contributed by atoms with Crippen LogP contribution in [0.1, 0.15) is 0 Å². The van der Waals surface area contributed by atoms with Gasteiger partial charge in [-0.1, -0.05) is 6.07 Å². The Kier molecular flexibility index (Phi) is 4.25. The quantitative estimate of drug-likeness (QED) is 0.592. The van der Waals surface area contributed by atoms with Gasteiger partial charge in [-0.2, -0.15) is 0 Å². The maximum atomic E-state index is 5.26. The Morgan fingerprint density at radius 1 is 1.42 bits per heavy atom. The fourth-order valence-corrected chi connectivity index (χ4v) is 1.87. The first-order valence-corrected chi connectivity index (χ1v) is 6.27. The number of thiocarbonyl (C=S) groups is 1. The molecule has 0 unspecified atom stereocenters. The van der Waals surface area contributed by atoms with Crippen LogP contribution < -0.4 is 10.7 Å². The van der Waals surface area contributed by atoms with E-state index in [9.17, 15) is 0 Å². The second-order valence-electron chi connectivity index (χ2n) is 3.96. The molecule has 8 heteroatoms. The number of anilines is 1. The van der Waals surface area contributed by atoms with Crippen LogP contribution in [-0.2, 0) is 0 Å². The van der Waals surface area contributed by atoms with Crippen LogP contribution in [0.3, 0.4) is 0 Å². The summed E-state index contributed by atoms with van der Waals surface area (Å²) in [6.45, 7) is 0. The minimum atomic E-state index is 0.248. The third kappa shape index (κ3) is 3.85. The molecular weight excluding hydrogens is 282 g/mol. The predicted molar refractivity (Wildman–Crippen MR) is 80.2 cm³/mol. The lowest BCUT2D eigenvalue weighted by Crippen LogP contribution is -2.38. The molecular formula is C11H13N5OS2. The fourth-order valence-electron chi connectivity index (χ4n) is 1.45. The zero-order valence-corrected chi connectivity index (χ0v) is 12.1. The lowest BCUT2D eigenvalue weighted by atomic mass is 10.2. The van der Waals surface area contributed by atoms with E-state index in [4.69, 9.17) is 28.9 Å². The van der Waals surface area contributed by atoms with E-state index in [-0.39, 0.29) is 4.84 Å². The Labute approximate surface area is 120 Å². The van der Waals surface area contributed by atoms with Crippen molar-refractivity contribution in [2.45, 2.75) is 0 Å². The van der Waals surface area contributed by atoms with Gasteiger partial charge in [-0.05, 0) is 42.6 Å². The van der Waals surface area contributed by atoms with Crippen molar-refractivity contribution in [2.24, 2.45) is 0 Å². The number of hydrogen-bond acceptors (Lipinski definition) is 5. The Morgan fingerprint density at radius 2 is 2.21 bits per heavy atom. The normalized spacial score (nSPS) is 10.5. The molecule has 0 spiro atoms. The molecule has 2 aromatic rings. The second-order valence-corrected chi connectivity index (χ2v) is 4.74. The summed E-state index contributed by atoms with van der Waals surface area (Å²) in [5.41, 5.74) is 4.59. The molecule has 2 rings (SSSR count). The van der Waals surface area contributed by atoms with Crippen molar-refractivity contribution >= 4 is 35.2 Å². The van der Waals surface area contributed by atoms with E-state index in [1.807, 2.05) is 38.4 Å². The van der Waals surface area contributed by atoms with Gasteiger partial charge < -0.3 is 9.73 Å². The molecule has 0 atom stereocenters. The average Bonchev–Trinajstić information content (AvgIpc) is 2.75. The Bertz CT molecular complexity index is 634. The summed E-state index contributed by atoms with van der Waals surface area (Å²) in [7, 11) is 3.72. The molecule has 0 bridgehead atoms. The first kappa shape index (κ1) is 13.7. The number of nitrogens with zero attached hydrogens (tertiary/aromatic N) is 2. The SMILES string of the molecule is CN(C)NC(=S)Nc1cccc(-c2n[nH]c(=S)o2)c1. The van der Waals surface area contributed by atoms with Crippen LogP contribution in [0.25, 0.3) is 11.5 Å². The van der Waals surface area contributed by atoms with E-state index in [1.165, 1.54) is 0 Å². The summed E-state index contributed by atoms with van der Waals surface area (Å²) in [6.07, 6.45) is 0. The minimum Gasteiger partial charge on any atom is -0.409 e. The number of hydrogen-bond donors (Lipinski definition) is 3. The highest BCUT2D eigenvalue weighted by Gasteiger charge is 2.05. The zero-order valence-electron chi connectivity index (χ0n) is 10.4. The summed E-state index contributed by atoms with van der Waals surface area (Å²) in [4.78, 5) is 0.248. The van der Waals surface area contributed by atoms with E-state index >= 15 is 0 Å². The molecule has 6 nitrogen and oxygen atoms in total. The topological polar surface area (TPSA) is 69.1 Å². The Morgan fingerprint density at radius 3 is 2.84 bits per heavy atom. The summed E-state index contributed by atoms with van der Waals surface area (Å²) < 4.78 is 5.26. The van der Waals surface area contributed by atoms with E-state index in [1.54, 1.807) is 5.01 Å². The fraction of sp³-hybridized carbons (Fsp3) is 0.182. The third-order valence-corrected chi connectivity index (χ3v) is 2.50. The van der Waals surface area contributed by atoms with Gasteiger partial charge in [-0.15, -0.1) is 5.10 Å². The lowest BCUT2D eigenvalue weighted by Gasteiger charge is -2.15. The highest BCUT2D eigenvalue weighted by Crippen LogP contribution is 2.20. The maximum absolute atomic E-state index is 5.26. The van der Waals surface area contributed by atoms with Gasteiger partial charge in [0.1, 0.15) is 0 Å². The third-order valence-electron chi connectivity index (χ3n) is 2.13. The molecule has 0 amide bonds. The minimum absolute atomic E-state index is 0.248. The number of hydrazine groups is 1. The molecule has 1 heterocycles. The van der Waals surface area contributed by atoms with Crippen LogP contribution in [0.4, 0.5) is 5.69 Å². The average molecular weight is 295 g/mol. The van der Waals surface area contributed by atoms with E-state index in [0.29, 0.717) is 11.0 Å². The number of rotatable bonds is 3. The van der Waals surface area contributed by atoms with Gasteiger partial charge in [0.15, 0.2) is 5.11 Å². The lowest BCUT2D eigenvalue weighted by molar-refractivity contribution is 0.365. The van der Waals surface area contributed by atoms with Crippen LogP contribution in [0, 0.1) is 4.84 Å². The Hall–Kier alpha value is -1.77. The van der Waals surface area contributed by atoms with Gasteiger partial charge >= 0.3 is 0 Å². The summed E-state index contributed by atoms with van der Waals surface area (Å²) in [5, 5.41) is 11.9. The number of H-pyrrole nitrogens is 1. The zero-order chi connectivity index (χ0) is 13.8. The molecule has 0 aliphatic carbocycles. The molecule has 100 valence electrons. The second kappa shape index (κ2) is 5.91. The highest BCUT2D eigenvalue weighted by atomic mass is 32.1. The molecule has 0 saturated heterocycles. The number of benzene rings is 1. The Balaban J connectivity index is 2.16. The summed E-state index contributed by atoms with van der Waals surface area (Å²) >= 11 is 10.00. The molecule has 19 heavy (non-hydrogen) atoms. The number of aromatic nitrogens is 2. The van der Waals surface area contributed by atoms with E-state index < -0.39 is 0 Å². The standard InChI is InChI=1S/C11H13N5OS2/c1-16(2)15-10(18)12-8-5-3-4-7(6-8)9-13-14-11(19)17-9/h3-6H,1-2H3,(H,14,19)(H2,12,15,18). The molecule has 0 aliphatic heterocycles. The summed E-state index contributed by atoms with van der Waals surface area (Å²) in [5.74, 6) is 0.445. The first-order chi connectivity index (χ1) is 9.04. The van der Waals surface area contributed by atoms with Crippen LogP contribution in [0.15, 0.2) is 28.7 Å². The summed E-state index contributed by atoms with van der Waals surface area (Å²) in [6, 6.07) is 7.53. The predicted octanol–water partition coefficient (Wildman–Crippen LogP) is 2.16.